The van der Waals surface area contributed by atoms with Crippen molar-refractivity contribution in [3.63, 3.8) is 0 Å². The second kappa shape index (κ2) is 2.66. The molecule has 0 saturated heterocycles. The van der Waals surface area contributed by atoms with Crippen LogP contribution >= 0.6 is 0 Å². The first kappa shape index (κ1) is 8.92. The van der Waals surface area contributed by atoms with Crippen LogP contribution in [0, 0.1) is 0 Å². The highest BCUT2D eigenvalue weighted by molar-refractivity contribution is 6.19. The highest BCUT2D eigenvalue weighted by Crippen LogP contribution is 2.21. The molecule has 0 aliphatic carbocycles. The molecule has 6 nitrogen and oxygen atoms in total. The molecule has 0 bridgehead atoms. The molecule has 0 fully saturated rings. The Kier molecular flexibility index (Phi) is 1.70. The third kappa shape index (κ3) is 1.05. The monoisotopic (exact) mass is 196 g/mol. The lowest BCUT2D eigenvalue weighted by Crippen LogP contribution is -2.45. The maximum absolute atomic E-state index is 11.2. The van der Waals surface area contributed by atoms with Crippen LogP contribution in [0.3, 0.4) is 0 Å². The van der Waals surface area contributed by atoms with Gasteiger partial charge in [-0.05, 0) is 12.1 Å². The van der Waals surface area contributed by atoms with Crippen LogP contribution in [0.4, 0.5) is 0 Å². The van der Waals surface area contributed by atoms with Gasteiger partial charge >= 0.3 is 5.91 Å². The molecule has 2 N–H and O–H groups in total. The molecule has 1 amide bonds. The standard InChI is InChI=1S/C8H8N2O4/c1-10-7(11)8(12,13)6(9-10)5-3-2-4-14-5/h2-4,12-13H,1H3. The van der Waals surface area contributed by atoms with E-state index in [9.17, 15) is 15.0 Å². The van der Waals surface area contributed by atoms with Crippen LogP contribution in [0.2, 0.25) is 0 Å². The zero-order valence-electron chi connectivity index (χ0n) is 7.34. The van der Waals surface area contributed by atoms with E-state index < -0.39 is 11.7 Å². The number of hydrazone groups is 1. The van der Waals surface area contributed by atoms with Crippen molar-refractivity contribution in [3.05, 3.63) is 24.2 Å². The first-order chi connectivity index (χ1) is 6.53. The number of aliphatic hydroxyl groups is 2. The van der Waals surface area contributed by atoms with E-state index in [0.717, 1.165) is 5.01 Å². The molecule has 2 heterocycles. The Hall–Kier alpha value is -1.66. The lowest BCUT2D eigenvalue weighted by atomic mass is 10.1. The van der Waals surface area contributed by atoms with Crippen LogP contribution in [-0.4, -0.2) is 39.7 Å². The van der Waals surface area contributed by atoms with Gasteiger partial charge in [0.15, 0.2) is 11.5 Å². The number of carbonyl (C=O) groups excluding carboxylic acids is 1. The first-order valence-electron chi connectivity index (χ1n) is 3.89. The summed E-state index contributed by atoms with van der Waals surface area (Å²) in [4.78, 5) is 11.2. The van der Waals surface area contributed by atoms with Gasteiger partial charge in [-0.1, -0.05) is 0 Å². The smallest absolute Gasteiger partial charge is 0.309 e. The number of furan rings is 1. The fourth-order valence-corrected chi connectivity index (χ4v) is 1.23. The summed E-state index contributed by atoms with van der Waals surface area (Å²) in [5, 5.41) is 23.4. The molecular formula is C8H8N2O4. The minimum Gasteiger partial charge on any atom is -0.463 e. The predicted octanol–water partition coefficient (Wildman–Crippen LogP) is -0.863. The highest BCUT2D eigenvalue weighted by atomic mass is 16.5. The Balaban J connectivity index is 2.47. The average molecular weight is 196 g/mol. The fourth-order valence-electron chi connectivity index (χ4n) is 1.23. The number of hydrogen-bond donors (Lipinski definition) is 2. The Bertz CT molecular complexity index is 393. The van der Waals surface area contributed by atoms with Crippen molar-refractivity contribution in [2.75, 3.05) is 7.05 Å². The molecule has 74 valence electrons. The number of rotatable bonds is 1. The summed E-state index contributed by atoms with van der Waals surface area (Å²) in [6.45, 7) is 0. The molecule has 0 radical (unpaired) electrons. The van der Waals surface area contributed by atoms with Crippen LogP contribution < -0.4 is 0 Å². The second-order valence-electron chi connectivity index (χ2n) is 2.93. The molecule has 0 aromatic carbocycles. The minimum absolute atomic E-state index is 0.160. The predicted molar refractivity (Wildman–Crippen MR) is 45.2 cm³/mol. The van der Waals surface area contributed by atoms with Crippen LogP contribution in [0.1, 0.15) is 5.76 Å². The largest absolute Gasteiger partial charge is 0.463 e. The summed E-state index contributed by atoms with van der Waals surface area (Å²) in [5.41, 5.74) is -0.199. The van der Waals surface area contributed by atoms with Gasteiger partial charge in [0, 0.05) is 7.05 Å². The minimum atomic E-state index is -2.59. The molecule has 0 atom stereocenters. The Morgan fingerprint density at radius 1 is 1.57 bits per heavy atom. The van der Waals surface area contributed by atoms with Crippen LogP contribution in [0.5, 0.6) is 0 Å². The Morgan fingerprint density at radius 2 is 2.29 bits per heavy atom. The van der Waals surface area contributed by atoms with Gasteiger partial charge in [0.25, 0.3) is 5.79 Å². The number of nitrogens with zero attached hydrogens (tertiary/aromatic N) is 2. The van der Waals surface area contributed by atoms with E-state index in [2.05, 4.69) is 5.10 Å². The number of hydrogen-bond acceptors (Lipinski definition) is 5. The van der Waals surface area contributed by atoms with Gasteiger partial charge in [-0.25, -0.2) is 5.01 Å². The normalized spacial score (nSPS) is 20.1. The van der Waals surface area contributed by atoms with E-state index in [0.29, 0.717) is 0 Å². The van der Waals surface area contributed by atoms with E-state index in [4.69, 9.17) is 4.42 Å². The summed E-state index contributed by atoms with van der Waals surface area (Å²) >= 11 is 0. The lowest BCUT2D eigenvalue weighted by molar-refractivity contribution is -0.167. The van der Waals surface area contributed by atoms with Gasteiger partial charge in [0.05, 0.1) is 6.26 Å². The third-order valence-electron chi connectivity index (χ3n) is 1.93. The summed E-state index contributed by atoms with van der Waals surface area (Å²) in [5.74, 6) is -3.33. The number of likely N-dealkylation sites (N-methyl/N-ethyl adjacent to an activating group) is 1. The van der Waals surface area contributed by atoms with Crippen molar-refractivity contribution in [2.45, 2.75) is 5.79 Å². The first-order valence-corrected chi connectivity index (χ1v) is 3.89. The highest BCUT2D eigenvalue weighted by Gasteiger charge is 2.49. The summed E-state index contributed by atoms with van der Waals surface area (Å²) in [6.07, 6.45) is 1.36. The molecular weight excluding hydrogens is 188 g/mol. The van der Waals surface area contributed by atoms with Crippen LogP contribution in [0.15, 0.2) is 27.9 Å². The summed E-state index contributed by atoms with van der Waals surface area (Å²) in [7, 11) is 1.33. The zero-order valence-corrected chi connectivity index (χ0v) is 7.34. The quantitative estimate of drug-likeness (QED) is 0.572. The van der Waals surface area contributed by atoms with Crippen molar-refractivity contribution in [1.82, 2.24) is 5.01 Å². The number of amides is 1. The van der Waals surface area contributed by atoms with Crippen molar-refractivity contribution in [1.29, 1.82) is 0 Å². The van der Waals surface area contributed by atoms with Gasteiger partial charge in [-0.15, -0.1) is 0 Å². The molecule has 0 unspecified atom stereocenters. The maximum atomic E-state index is 11.2. The molecule has 2 rings (SSSR count). The topological polar surface area (TPSA) is 86.3 Å². The van der Waals surface area contributed by atoms with E-state index in [1.54, 1.807) is 6.07 Å². The van der Waals surface area contributed by atoms with E-state index >= 15 is 0 Å². The van der Waals surface area contributed by atoms with E-state index in [1.165, 1.54) is 19.4 Å². The van der Waals surface area contributed by atoms with Crippen molar-refractivity contribution in [2.24, 2.45) is 5.10 Å². The molecule has 0 spiro atoms. The van der Waals surface area contributed by atoms with Gasteiger partial charge in [0.1, 0.15) is 0 Å². The second-order valence-corrected chi connectivity index (χ2v) is 2.93. The molecule has 1 aliphatic heterocycles. The van der Waals surface area contributed by atoms with Gasteiger partial charge in [0.2, 0.25) is 0 Å². The summed E-state index contributed by atoms with van der Waals surface area (Å²) in [6, 6.07) is 3.06. The van der Waals surface area contributed by atoms with E-state index in [-0.39, 0.29) is 11.5 Å². The molecule has 1 aromatic heterocycles. The third-order valence-corrected chi connectivity index (χ3v) is 1.93. The number of carbonyl (C=O) groups is 1. The van der Waals surface area contributed by atoms with E-state index in [1.807, 2.05) is 0 Å². The Labute approximate surface area is 79.1 Å². The van der Waals surface area contributed by atoms with Crippen LogP contribution in [0.25, 0.3) is 0 Å². The van der Waals surface area contributed by atoms with Gasteiger partial charge < -0.3 is 14.6 Å². The molecule has 1 aliphatic rings. The van der Waals surface area contributed by atoms with Crippen molar-refractivity contribution >= 4 is 11.6 Å². The van der Waals surface area contributed by atoms with Crippen LogP contribution in [-0.2, 0) is 4.79 Å². The SMILES string of the molecule is CN1N=C(c2ccco2)C(O)(O)C1=O. The van der Waals surface area contributed by atoms with Gasteiger partial charge in [-0.3, -0.25) is 4.79 Å². The maximum Gasteiger partial charge on any atom is 0.309 e. The Morgan fingerprint density at radius 3 is 2.71 bits per heavy atom. The average Bonchev–Trinajstić information content (AvgIpc) is 2.69. The molecule has 6 heteroatoms. The fraction of sp³-hybridized carbons (Fsp3) is 0.250. The lowest BCUT2D eigenvalue weighted by Gasteiger charge is -2.13. The summed E-state index contributed by atoms with van der Waals surface area (Å²) < 4.78 is 4.92. The molecule has 14 heavy (non-hydrogen) atoms. The zero-order chi connectivity index (χ0) is 10.3. The van der Waals surface area contributed by atoms with Gasteiger partial charge in [-0.2, -0.15) is 5.10 Å². The molecule has 1 aromatic rings. The van der Waals surface area contributed by atoms with Crippen molar-refractivity contribution in [3.8, 4) is 0 Å². The van der Waals surface area contributed by atoms with Crippen molar-refractivity contribution < 1.29 is 19.4 Å². The molecule has 0 saturated carbocycles.